The van der Waals surface area contributed by atoms with Crippen molar-refractivity contribution in [2.24, 2.45) is 5.92 Å². The highest BCUT2D eigenvalue weighted by Gasteiger charge is 2.34. The van der Waals surface area contributed by atoms with Crippen molar-refractivity contribution in [1.82, 2.24) is 19.7 Å². The first kappa shape index (κ1) is 22.6. The topological polar surface area (TPSA) is 105 Å². The molecule has 30 heavy (non-hydrogen) atoms. The number of carbonyl (C=O) groups is 1. The molecular weight excluding hydrogens is 424 g/mol. The molecule has 1 aromatic carbocycles. The first-order valence-electron chi connectivity index (χ1n) is 10.1. The van der Waals surface area contributed by atoms with E-state index in [0.717, 1.165) is 5.56 Å². The van der Waals surface area contributed by atoms with Gasteiger partial charge in [0, 0.05) is 19.1 Å². The van der Waals surface area contributed by atoms with Crippen LogP contribution < -0.4 is 5.69 Å². The monoisotopic (exact) mass is 452 g/mol. The lowest BCUT2D eigenvalue weighted by atomic mass is 10.1. The SMILES string of the molecule is CC(C)CN(C(=O)CSc1n[nH]c(=O)n1CCc1ccccc1)C1CCS(=O)(=O)C1. The van der Waals surface area contributed by atoms with Crippen molar-refractivity contribution in [3.05, 3.63) is 46.4 Å². The van der Waals surface area contributed by atoms with Gasteiger partial charge in [-0.1, -0.05) is 55.9 Å². The molecular formula is C20H28N4O4S2. The lowest BCUT2D eigenvalue weighted by molar-refractivity contribution is -0.130. The van der Waals surface area contributed by atoms with Crippen LogP contribution in [0, 0.1) is 5.92 Å². The number of amides is 1. The molecule has 1 fully saturated rings. The minimum Gasteiger partial charge on any atom is -0.338 e. The van der Waals surface area contributed by atoms with Crippen molar-refractivity contribution < 1.29 is 13.2 Å². The lowest BCUT2D eigenvalue weighted by Crippen LogP contribution is -2.44. The van der Waals surface area contributed by atoms with Crippen molar-refractivity contribution in [3.63, 3.8) is 0 Å². The minimum absolute atomic E-state index is 0.0281. The van der Waals surface area contributed by atoms with E-state index in [9.17, 15) is 18.0 Å². The summed E-state index contributed by atoms with van der Waals surface area (Å²) in [5.41, 5.74) is 0.810. The maximum absolute atomic E-state index is 12.9. The standard InChI is InChI=1S/C20H28N4O4S2/c1-15(2)12-24(17-9-11-30(27,28)14-17)18(25)13-29-20-22-21-19(26)23(20)10-8-16-6-4-3-5-7-16/h3-7,15,17H,8-14H2,1-2H3,(H,21,26). The Morgan fingerprint density at radius 2 is 2.07 bits per heavy atom. The van der Waals surface area contributed by atoms with Crippen LogP contribution in [0.3, 0.4) is 0 Å². The van der Waals surface area contributed by atoms with Gasteiger partial charge in [0.2, 0.25) is 5.91 Å². The van der Waals surface area contributed by atoms with Crippen LogP contribution in [-0.2, 0) is 27.6 Å². The molecule has 0 aliphatic carbocycles. The number of aromatic nitrogens is 3. The van der Waals surface area contributed by atoms with Gasteiger partial charge in [-0.3, -0.25) is 9.36 Å². The summed E-state index contributed by atoms with van der Waals surface area (Å²) >= 11 is 1.21. The fourth-order valence-electron chi connectivity index (χ4n) is 3.57. The number of rotatable bonds is 9. The molecule has 1 unspecified atom stereocenters. The van der Waals surface area contributed by atoms with Crippen LogP contribution in [-0.4, -0.2) is 63.8 Å². The molecule has 1 N–H and O–H groups in total. The Morgan fingerprint density at radius 1 is 1.33 bits per heavy atom. The molecule has 1 aromatic heterocycles. The van der Waals surface area contributed by atoms with E-state index in [2.05, 4.69) is 10.2 Å². The van der Waals surface area contributed by atoms with Crippen molar-refractivity contribution in [2.45, 2.75) is 44.4 Å². The third-order valence-corrected chi connectivity index (χ3v) is 7.76. The number of H-pyrrole nitrogens is 1. The van der Waals surface area contributed by atoms with Crippen molar-refractivity contribution in [1.29, 1.82) is 0 Å². The zero-order valence-corrected chi connectivity index (χ0v) is 18.9. The average molecular weight is 453 g/mol. The Kier molecular flexibility index (Phi) is 7.41. The fraction of sp³-hybridized carbons (Fsp3) is 0.550. The number of hydrogen-bond acceptors (Lipinski definition) is 6. The van der Waals surface area contributed by atoms with E-state index in [1.54, 1.807) is 4.90 Å². The molecule has 1 aliphatic heterocycles. The minimum atomic E-state index is -3.08. The van der Waals surface area contributed by atoms with E-state index in [-0.39, 0.29) is 40.8 Å². The fourth-order valence-corrected chi connectivity index (χ4v) is 6.16. The van der Waals surface area contributed by atoms with Crippen LogP contribution in [0.2, 0.25) is 0 Å². The Balaban J connectivity index is 1.64. The molecule has 1 aliphatic rings. The second kappa shape index (κ2) is 9.82. The van der Waals surface area contributed by atoms with Gasteiger partial charge in [-0.2, -0.15) is 0 Å². The van der Waals surface area contributed by atoms with Crippen LogP contribution in [0.15, 0.2) is 40.3 Å². The quantitative estimate of drug-likeness (QED) is 0.579. The Bertz CT molecular complexity index is 1010. The second-order valence-corrected chi connectivity index (χ2v) is 11.2. The van der Waals surface area contributed by atoms with E-state index >= 15 is 0 Å². The second-order valence-electron chi connectivity index (χ2n) is 7.98. The molecule has 2 heterocycles. The van der Waals surface area contributed by atoms with Gasteiger partial charge < -0.3 is 4.90 Å². The molecule has 0 spiro atoms. The van der Waals surface area contributed by atoms with E-state index < -0.39 is 9.84 Å². The number of hydrogen-bond donors (Lipinski definition) is 1. The summed E-state index contributed by atoms with van der Waals surface area (Å²) in [5.74, 6) is 0.377. The number of benzene rings is 1. The van der Waals surface area contributed by atoms with E-state index in [0.29, 0.717) is 31.1 Å². The molecule has 2 aromatic rings. The Hall–Kier alpha value is -2.07. The summed E-state index contributed by atoms with van der Waals surface area (Å²) < 4.78 is 25.3. The van der Waals surface area contributed by atoms with E-state index in [1.165, 1.54) is 16.3 Å². The Labute approximate surface area is 181 Å². The van der Waals surface area contributed by atoms with Crippen LogP contribution in [0.1, 0.15) is 25.8 Å². The molecule has 1 amide bonds. The summed E-state index contributed by atoms with van der Waals surface area (Å²) in [4.78, 5) is 26.8. The van der Waals surface area contributed by atoms with Crippen molar-refractivity contribution in [2.75, 3.05) is 23.8 Å². The molecule has 3 rings (SSSR count). The van der Waals surface area contributed by atoms with Crippen LogP contribution in [0.4, 0.5) is 0 Å². The highest BCUT2D eigenvalue weighted by atomic mass is 32.2. The van der Waals surface area contributed by atoms with Gasteiger partial charge in [-0.05, 0) is 24.3 Å². The van der Waals surface area contributed by atoms with Gasteiger partial charge in [-0.15, -0.1) is 5.10 Å². The van der Waals surface area contributed by atoms with Gasteiger partial charge in [0.1, 0.15) is 0 Å². The normalized spacial score (nSPS) is 18.0. The molecule has 8 nitrogen and oxygen atoms in total. The third-order valence-electron chi connectivity index (χ3n) is 5.05. The molecule has 0 saturated carbocycles. The Morgan fingerprint density at radius 3 is 2.70 bits per heavy atom. The van der Waals surface area contributed by atoms with Crippen molar-refractivity contribution >= 4 is 27.5 Å². The highest BCUT2D eigenvalue weighted by molar-refractivity contribution is 7.99. The zero-order chi connectivity index (χ0) is 21.7. The smallest absolute Gasteiger partial charge is 0.338 e. The summed E-state index contributed by atoms with van der Waals surface area (Å²) in [6, 6.07) is 9.58. The first-order chi connectivity index (χ1) is 14.2. The average Bonchev–Trinajstić information content (AvgIpc) is 3.24. The number of nitrogens with zero attached hydrogens (tertiary/aromatic N) is 3. The maximum Gasteiger partial charge on any atom is 0.343 e. The summed E-state index contributed by atoms with van der Waals surface area (Å²) in [5, 5.41) is 6.99. The summed E-state index contributed by atoms with van der Waals surface area (Å²) in [6.45, 7) is 4.99. The number of carbonyl (C=O) groups excluding carboxylic acids is 1. The molecule has 164 valence electrons. The maximum atomic E-state index is 12.9. The lowest BCUT2D eigenvalue weighted by Gasteiger charge is -2.29. The summed E-state index contributed by atoms with van der Waals surface area (Å²) in [7, 11) is -3.08. The zero-order valence-electron chi connectivity index (χ0n) is 17.3. The van der Waals surface area contributed by atoms with Crippen molar-refractivity contribution in [3.8, 4) is 0 Å². The molecule has 0 bridgehead atoms. The third kappa shape index (κ3) is 5.98. The predicted molar refractivity (Wildman–Crippen MR) is 117 cm³/mol. The molecule has 1 atom stereocenters. The molecule has 0 radical (unpaired) electrons. The van der Waals surface area contributed by atoms with Gasteiger partial charge >= 0.3 is 5.69 Å². The molecule has 1 saturated heterocycles. The number of aromatic amines is 1. The van der Waals surface area contributed by atoms with Gasteiger partial charge in [0.15, 0.2) is 15.0 Å². The number of thioether (sulfide) groups is 1. The summed E-state index contributed by atoms with van der Waals surface area (Å²) in [6.07, 6.45) is 1.16. The highest BCUT2D eigenvalue weighted by Crippen LogP contribution is 2.22. The number of nitrogens with one attached hydrogen (secondary N) is 1. The van der Waals surface area contributed by atoms with Gasteiger partial charge in [0.05, 0.1) is 17.3 Å². The largest absolute Gasteiger partial charge is 0.343 e. The van der Waals surface area contributed by atoms with E-state index in [1.807, 2.05) is 44.2 Å². The van der Waals surface area contributed by atoms with Crippen LogP contribution in [0.25, 0.3) is 0 Å². The predicted octanol–water partition coefficient (Wildman–Crippen LogP) is 1.58. The van der Waals surface area contributed by atoms with E-state index in [4.69, 9.17) is 0 Å². The van der Waals surface area contributed by atoms with Crippen LogP contribution >= 0.6 is 11.8 Å². The van der Waals surface area contributed by atoms with Crippen LogP contribution in [0.5, 0.6) is 0 Å². The molecule has 10 heteroatoms. The first-order valence-corrected chi connectivity index (χ1v) is 12.9. The van der Waals surface area contributed by atoms with Gasteiger partial charge in [0.25, 0.3) is 0 Å². The number of sulfone groups is 1. The number of aryl methyl sites for hydroxylation is 1. The van der Waals surface area contributed by atoms with Gasteiger partial charge in [-0.25, -0.2) is 18.3 Å².